The van der Waals surface area contributed by atoms with Gasteiger partial charge in [0.25, 0.3) is 0 Å². The van der Waals surface area contributed by atoms with Crippen molar-refractivity contribution < 1.29 is 19.5 Å². The summed E-state index contributed by atoms with van der Waals surface area (Å²) in [4.78, 5) is 34.1. The first-order valence-corrected chi connectivity index (χ1v) is 7.05. The number of nitrogens with two attached hydrogens (primary N) is 1. The van der Waals surface area contributed by atoms with Gasteiger partial charge in [-0.25, -0.2) is 4.79 Å². The second-order valence-corrected chi connectivity index (χ2v) is 6.19. The Morgan fingerprint density at radius 2 is 2.00 bits per heavy atom. The number of rotatable bonds is 6. The van der Waals surface area contributed by atoms with Crippen molar-refractivity contribution in [3.8, 4) is 0 Å². The van der Waals surface area contributed by atoms with Crippen molar-refractivity contribution in [1.82, 2.24) is 5.32 Å². The summed E-state index contributed by atoms with van der Waals surface area (Å²) in [5.41, 5.74) is 4.90. The zero-order chi connectivity index (χ0) is 15.3. The minimum Gasteiger partial charge on any atom is -0.480 e. The van der Waals surface area contributed by atoms with E-state index in [0.29, 0.717) is 0 Å². The zero-order valence-electron chi connectivity index (χ0n) is 12.1. The minimum atomic E-state index is -1.13. The summed E-state index contributed by atoms with van der Waals surface area (Å²) in [7, 11) is 0. The number of aliphatic carboxylic acids is 1. The molecule has 1 aliphatic carbocycles. The fourth-order valence-electron chi connectivity index (χ4n) is 2.80. The van der Waals surface area contributed by atoms with E-state index in [0.717, 1.165) is 25.7 Å². The van der Waals surface area contributed by atoms with Crippen LogP contribution in [0.4, 0.5) is 0 Å². The first-order valence-electron chi connectivity index (χ1n) is 7.05. The molecule has 6 heteroatoms. The monoisotopic (exact) mass is 284 g/mol. The molecule has 1 rings (SSSR count). The molecule has 4 N–H and O–H groups in total. The van der Waals surface area contributed by atoms with Crippen LogP contribution in [0, 0.1) is 11.3 Å². The van der Waals surface area contributed by atoms with Crippen molar-refractivity contribution in [3.05, 3.63) is 0 Å². The summed E-state index contributed by atoms with van der Waals surface area (Å²) >= 11 is 0. The van der Waals surface area contributed by atoms with E-state index in [2.05, 4.69) is 5.32 Å². The van der Waals surface area contributed by atoms with Gasteiger partial charge in [0, 0.05) is 12.3 Å². The second-order valence-electron chi connectivity index (χ2n) is 6.19. The number of carboxylic acid groups (broad SMARTS) is 1. The summed E-state index contributed by atoms with van der Waals surface area (Å²) < 4.78 is 0. The van der Waals surface area contributed by atoms with E-state index >= 15 is 0 Å². The maximum atomic E-state index is 12.3. The molecule has 1 saturated carbocycles. The van der Waals surface area contributed by atoms with Gasteiger partial charge in [-0.05, 0) is 24.7 Å². The lowest BCUT2D eigenvalue weighted by atomic mass is 9.68. The van der Waals surface area contributed by atoms with Gasteiger partial charge in [0.2, 0.25) is 11.8 Å². The molecule has 0 heterocycles. The predicted octanol–water partition coefficient (Wildman–Crippen LogP) is 1.04. The number of carboxylic acids is 1. The molecular formula is C14H24N2O4. The molecule has 0 aromatic rings. The van der Waals surface area contributed by atoms with Crippen LogP contribution in [0.5, 0.6) is 0 Å². The van der Waals surface area contributed by atoms with Crippen LogP contribution in [0.3, 0.4) is 0 Å². The van der Waals surface area contributed by atoms with Gasteiger partial charge in [0.15, 0.2) is 0 Å². The normalized spacial score (nSPS) is 22.8. The molecular weight excluding hydrogens is 260 g/mol. The molecule has 2 amide bonds. The van der Waals surface area contributed by atoms with Crippen LogP contribution in [0.1, 0.15) is 52.4 Å². The Bertz CT molecular complexity index is 393. The van der Waals surface area contributed by atoms with Gasteiger partial charge in [-0.2, -0.15) is 0 Å². The summed E-state index contributed by atoms with van der Waals surface area (Å²) in [6.07, 6.45) is 3.81. The Balaban J connectivity index is 2.65. The smallest absolute Gasteiger partial charge is 0.326 e. The topological polar surface area (TPSA) is 109 Å². The molecule has 2 atom stereocenters. The third kappa shape index (κ3) is 4.51. The van der Waals surface area contributed by atoms with E-state index in [1.807, 2.05) is 13.8 Å². The lowest BCUT2D eigenvalue weighted by Crippen LogP contribution is -2.48. The van der Waals surface area contributed by atoms with Gasteiger partial charge in [0.1, 0.15) is 6.04 Å². The summed E-state index contributed by atoms with van der Waals surface area (Å²) in [6.45, 7) is 4.07. The fraction of sp³-hybridized carbons (Fsp3) is 0.786. The Morgan fingerprint density at radius 3 is 2.50 bits per heavy atom. The average molecular weight is 284 g/mol. The van der Waals surface area contributed by atoms with Gasteiger partial charge in [-0.15, -0.1) is 0 Å². The van der Waals surface area contributed by atoms with Crippen molar-refractivity contribution >= 4 is 17.8 Å². The molecule has 0 aliphatic heterocycles. The second kappa shape index (κ2) is 6.72. The maximum Gasteiger partial charge on any atom is 0.326 e. The van der Waals surface area contributed by atoms with E-state index in [1.54, 1.807) is 0 Å². The zero-order valence-corrected chi connectivity index (χ0v) is 12.1. The van der Waals surface area contributed by atoms with Gasteiger partial charge in [-0.3, -0.25) is 9.59 Å². The van der Waals surface area contributed by atoms with E-state index in [1.165, 1.54) is 0 Å². The van der Waals surface area contributed by atoms with Crippen molar-refractivity contribution in [2.45, 2.75) is 58.4 Å². The first-order chi connectivity index (χ1) is 9.24. The number of carbonyl (C=O) groups excluding carboxylic acids is 2. The fourth-order valence-corrected chi connectivity index (χ4v) is 2.80. The van der Waals surface area contributed by atoms with Crippen LogP contribution < -0.4 is 11.1 Å². The molecule has 6 nitrogen and oxygen atoms in total. The van der Waals surface area contributed by atoms with Gasteiger partial charge in [-0.1, -0.05) is 26.7 Å². The Kier molecular flexibility index (Phi) is 5.53. The van der Waals surface area contributed by atoms with Crippen molar-refractivity contribution in [2.75, 3.05) is 0 Å². The van der Waals surface area contributed by atoms with Crippen LogP contribution >= 0.6 is 0 Å². The highest BCUT2D eigenvalue weighted by molar-refractivity contribution is 5.86. The average Bonchev–Trinajstić information content (AvgIpc) is 2.32. The van der Waals surface area contributed by atoms with E-state index in [9.17, 15) is 14.4 Å². The highest BCUT2D eigenvalue weighted by atomic mass is 16.4. The number of hydrogen-bond acceptors (Lipinski definition) is 3. The summed E-state index contributed by atoms with van der Waals surface area (Å²) in [6, 6.07) is -1.05. The van der Waals surface area contributed by atoms with Crippen LogP contribution in [0.2, 0.25) is 0 Å². The van der Waals surface area contributed by atoms with Crippen LogP contribution in [0.25, 0.3) is 0 Å². The highest BCUT2D eigenvalue weighted by Gasteiger charge is 2.38. The van der Waals surface area contributed by atoms with Gasteiger partial charge >= 0.3 is 5.97 Å². The molecule has 0 aromatic carbocycles. The van der Waals surface area contributed by atoms with Gasteiger partial charge in [0.05, 0.1) is 0 Å². The van der Waals surface area contributed by atoms with E-state index < -0.39 is 17.9 Å². The predicted molar refractivity (Wildman–Crippen MR) is 73.7 cm³/mol. The lowest BCUT2D eigenvalue weighted by Gasteiger charge is -2.38. The molecule has 20 heavy (non-hydrogen) atoms. The standard InChI is InChI=1S/C14H24N2O4/c1-14(2)8-4-3-5-9(14)12(18)16-10(13(19)20)6-7-11(15)17/h9-10H,3-8H2,1-2H3,(H2,15,17)(H,16,18)(H,19,20). The number of amides is 2. The summed E-state index contributed by atoms with van der Waals surface area (Å²) in [5.74, 6) is -2.10. The molecule has 2 unspecified atom stereocenters. The summed E-state index contributed by atoms with van der Waals surface area (Å²) in [5, 5.41) is 11.6. The SMILES string of the molecule is CC1(C)CCCCC1C(=O)NC(CCC(N)=O)C(=O)O. The quantitative estimate of drug-likeness (QED) is 0.676. The molecule has 0 aromatic heterocycles. The molecule has 0 saturated heterocycles. The van der Waals surface area contributed by atoms with Crippen molar-refractivity contribution in [3.63, 3.8) is 0 Å². The third-order valence-corrected chi connectivity index (χ3v) is 4.12. The Hall–Kier alpha value is -1.59. The Morgan fingerprint density at radius 1 is 1.35 bits per heavy atom. The number of primary amides is 1. The third-order valence-electron chi connectivity index (χ3n) is 4.12. The number of nitrogens with one attached hydrogen (secondary N) is 1. The minimum absolute atomic E-state index is 0.0313. The van der Waals surface area contributed by atoms with E-state index in [-0.39, 0.29) is 30.1 Å². The van der Waals surface area contributed by atoms with Crippen molar-refractivity contribution in [1.29, 1.82) is 0 Å². The van der Waals surface area contributed by atoms with Gasteiger partial charge < -0.3 is 16.2 Å². The first kappa shape index (κ1) is 16.5. The lowest BCUT2D eigenvalue weighted by molar-refractivity contribution is -0.144. The molecule has 0 radical (unpaired) electrons. The molecule has 1 aliphatic rings. The largest absolute Gasteiger partial charge is 0.480 e. The maximum absolute atomic E-state index is 12.3. The molecule has 0 bridgehead atoms. The number of carbonyl (C=O) groups is 3. The molecule has 0 spiro atoms. The van der Waals surface area contributed by atoms with Crippen LogP contribution in [-0.2, 0) is 14.4 Å². The highest BCUT2D eigenvalue weighted by Crippen LogP contribution is 2.40. The van der Waals surface area contributed by atoms with Crippen molar-refractivity contribution in [2.24, 2.45) is 17.1 Å². The van der Waals surface area contributed by atoms with Crippen LogP contribution in [0.15, 0.2) is 0 Å². The van der Waals surface area contributed by atoms with E-state index in [4.69, 9.17) is 10.8 Å². The van der Waals surface area contributed by atoms with Crippen LogP contribution in [-0.4, -0.2) is 28.9 Å². The molecule has 1 fully saturated rings. The Labute approximate surface area is 119 Å². The number of hydrogen-bond donors (Lipinski definition) is 3. The molecule has 114 valence electrons.